The summed E-state index contributed by atoms with van der Waals surface area (Å²) in [6.07, 6.45) is 7.49. The van der Waals surface area contributed by atoms with E-state index in [1.54, 1.807) is 10.7 Å². The fourth-order valence-corrected chi connectivity index (χ4v) is 2.74. The quantitative estimate of drug-likeness (QED) is 0.795. The monoisotopic (exact) mass is 319 g/mol. The van der Waals surface area contributed by atoms with Crippen LogP contribution in [-0.4, -0.2) is 40.1 Å². The zero-order valence-electron chi connectivity index (χ0n) is 12.7. The van der Waals surface area contributed by atoms with Crippen LogP contribution in [0.5, 0.6) is 0 Å². The fourth-order valence-electron chi connectivity index (χ4n) is 2.74. The summed E-state index contributed by atoms with van der Waals surface area (Å²) in [7, 11) is 1.29. The number of aromatic nitrogens is 3. The fraction of sp³-hybridized carbons (Fsp3) is 0.467. The van der Waals surface area contributed by atoms with Crippen molar-refractivity contribution in [2.75, 3.05) is 7.11 Å². The van der Waals surface area contributed by atoms with Gasteiger partial charge in [0.15, 0.2) is 5.69 Å². The van der Waals surface area contributed by atoms with Gasteiger partial charge in [0.05, 0.1) is 31.2 Å². The van der Waals surface area contributed by atoms with Crippen molar-refractivity contribution in [1.29, 1.82) is 0 Å². The van der Waals surface area contributed by atoms with E-state index in [-0.39, 0.29) is 17.8 Å². The number of hydrogen-bond donors (Lipinski definition) is 0. The van der Waals surface area contributed by atoms with E-state index in [0.29, 0.717) is 5.56 Å². The molecule has 0 saturated heterocycles. The second-order valence-electron chi connectivity index (χ2n) is 5.38. The molecule has 1 saturated carbocycles. The molecule has 1 fully saturated rings. The normalized spacial score (nSPS) is 20.9. The third-order valence-electron chi connectivity index (χ3n) is 3.93. The summed E-state index contributed by atoms with van der Waals surface area (Å²) in [6, 6.07) is 1.41. The Morgan fingerprint density at radius 3 is 2.87 bits per heavy atom. The first-order chi connectivity index (χ1) is 11.2. The molecule has 0 amide bonds. The zero-order valence-corrected chi connectivity index (χ0v) is 12.7. The molecule has 23 heavy (non-hydrogen) atoms. The highest BCUT2D eigenvalue weighted by Crippen LogP contribution is 2.31. The van der Waals surface area contributed by atoms with Crippen LogP contribution in [0, 0.1) is 0 Å². The van der Waals surface area contributed by atoms with Gasteiger partial charge in [-0.05, 0) is 25.3 Å². The van der Waals surface area contributed by atoms with Gasteiger partial charge in [-0.1, -0.05) is 11.6 Å². The summed E-state index contributed by atoms with van der Waals surface area (Å²) in [6.45, 7) is 0. The Morgan fingerprint density at radius 1 is 1.30 bits per heavy atom. The molecule has 2 aromatic heterocycles. The Labute approximate surface area is 132 Å². The summed E-state index contributed by atoms with van der Waals surface area (Å²) in [5.74, 6) is -0.969. The van der Waals surface area contributed by atoms with E-state index < -0.39 is 11.9 Å². The summed E-state index contributed by atoms with van der Waals surface area (Å²) < 4.78 is 16.7. The summed E-state index contributed by atoms with van der Waals surface area (Å²) >= 11 is 0. The van der Waals surface area contributed by atoms with Crippen LogP contribution < -0.4 is 0 Å². The average Bonchev–Trinajstić information content (AvgIpc) is 3.26. The van der Waals surface area contributed by atoms with Crippen LogP contribution in [0.1, 0.15) is 52.6 Å². The van der Waals surface area contributed by atoms with Crippen molar-refractivity contribution in [3.63, 3.8) is 0 Å². The zero-order chi connectivity index (χ0) is 16.2. The molecular weight excluding hydrogens is 302 g/mol. The van der Waals surface area contributed by atoms with Crippen molar-refractivity contribution in [1.82, 2.24) is 15.0 Å². The third kappa shape index (κ3) is 3.25. The molecule has 0 radical (unpaired) electrons. The second-order valence-corrected chi connectivity index (χ2v) is 5.38. The molecule has 0 spiro atoms. The third-order valence-corrected chi connectivity index (χ3v) is 3.93. The van der Waals surface area contributed by atoms with Crippen LogP contribution in [0.25, 0.3) is 0 Å². The lowest BCUT2D eigenvalue weighted by Crippen LogP contribution is -2.32. The molecule has 3 rings (SSSR count). The first kappa shape index (κ1) is 15.3. The number of carbonyl (C=O) groups is 2. The second kappa shape index (κ2) is 6.64. The molecule has 2 atom stereocenters. The molecule has 122 valence electrons. The first-order valence-electron chi connectivity index (χ1n) is 7.42. The molecule has 0 aromatic carbocycles. The molecule has 1 aliphatic carbocycles. The lowest BCUT2D eigenvalue weighted by molar-refractivity contribution is 0.00167. The summed E-state index contributed by atoms with van der Waals surface area (Å²) in [5.41, 5.74) is 0.515. The Hall–Kier alpha value is -2.64. The average molecular weight is 319 g/mol. The molecule has 0 aliphatic heterocycles. The molecule has 2 aromatic rings. The van der Waals surface area contributed by atoms with E-state index in [9.17, 15) is 9.59 Å². The summed E-state index contributed by atoms with van der Waals surface area (Å²) in [5, 5.41) is 7.79. The van der Waals surface area contributed by atoms with Gasteiger partial charge in [0.25, 0.3) is 0 Å². The van der Waals surface area contributed by atoms with Gasteiger partial charge in [-0.15, -0.1) is 5.10 Å². The Morgan fingerprint density at radius 2 is 2.13 bits per heavy atom. The van der Waals surface area contributed by atoms with Gasteiger partial charge in [-0.25, -0.2) is 14.3 Å². The molecule has 8 nitrogen and oxygen atoms in total. The number of methoxy groups -OCH3 is 1. The molecule has 1 aliphatic rings. The highest BCUT2D eigenvalue weighted by atomic mass is 16.5. The van der Waals surface area contributed by atoms with Crippen molar-refractivity contribution in [2.45, 2.75) is 37.8 Å². The minimum Gasteiger partial charge on any atom is -0.472 e. The number of ether oxygens (including phenoxy) is 2. The van der Waals surface area contributed by atoms with Crippen LogP contribution in [0.2, 0.25) is 0 Å². The van der Waals surface area contributed by atoms with E-state index in [1.807, 2.05) is 0 Å². The van der Waals surface area contributed by atoms with Crippen LogP contribution in [-0.2, 0) is 9.47 Å². The number of carbonyl (C=O) groups excluding carboxylic acids is 2. The van der Waals surface area contributed by atoms with Crippen LogP contribution >= 0.6 is 0 Å². The minimum atomic E-state index is -0.543. The van der Waals surface area contributed by atoms with Crippen molar-refractivity contribution >= 4 is 11.9 Å². The van der Waals surface area contributed by atoms with Crippen molar-refractivity contribution in [2.24, 2.45) is 0 Å². The largest absolute Gasteiger partial charge is 0.472 e. The van der Waals surface area contributed by atoms with E-state index in [4.69, 9.17) is 9.15 Å². The molecule has 2 unspecified atom stereocenters. The van der Waals surface area contributed by atoms with Crippen LogP contribution in [0.4, 0.5) is 0 Å². The van der Waals surface area contributed by atoms with Crippen molar-refractivity contribution < 1.29 is 23.5 Å². The van der Waals surface area contributed by atoms with E-state index in [2.05, 4.69) is 15.0 Å². The first-order valence-corrected chi connectivity index (χ1v) is 7.42. The van der Waals surface area contributed by atoms with Gasteiger partial charge < -0.3 is 13.9 Å². The van der Waals surface area contributed by atoms with Gasteiger partial charge in [-0.3, -0.25) is 0 Å². The summed E-state index contributed by atoms with van der Waals surface area (Å²) in [4.78, 5) is 23.6. The van der Waals surface area contributed by atoms with Gasteiger partial charge >= 0.3 is 11.9 Å². The van der Waals surface area contributed by atoms with E-state index in [0.717, 1.165) is 25.7 Å². The maximum absolute atomic E-state index is 12.1. The Bertz CT molecular complexity index is 679. The topological polar surface area (TPSA) is 96.5 Å². The molecule has 8 heteroatoms. The van der Waals surface area contributed by atoms with E-state index >= 15 is 0 Å². The lowest BCUT2D eigenvalue weighted by atomic mass is 9.92. The predicted molar refractivity (Wildman–Crippen MR) is 76.8 cm³/mol. The maximum Gasteiger partial charge on any atom is 0.360 e. The Kier molecular flexibility index (Phi) is 4.40. The molecule has 0 bridgehead atoms. The highest BCUT2D eigenvalue weighted by molar-refractivity contribution is 5.89. The molecular formula is C15H17N3O5. The maximum atomic E-state index is 12.1. The standard InChI is InChI=1S/C15H17N3O5/c1-21-15(20)11-8-18(17-16-11)12-4-2-3-5-13(12)23-14(19)10-6-7-22-9-10/h6-9,12-13H,2-5H2,1H3. The number of esters is 2. The van der Waals surface area contributed by atoms with Crippen LogP contribution in [0.3, 0.4) is 0 Å². The van der Waals surface area contributed by atoms with Crippen LogP contribution in [0.15, 0.2) is 29.2 Å². The van der Waals surface area contributed by atoms with Gasteiger partial charge in [0.2, 0.25) is 0 Å². The Balaban J connectivity index is 1.74. The number of rotatable bonds is 4. The minimum absolute atomic E-state index is 0.137. The highest BCUT2D eigenvalue weighted by Gasteiger charge is 2.31. The predicted octanol–water partition coefficient (Wildman–Crippen LogP) is 2.00. The smallest absolute Gasteiger partial charge is 0.360 e. The van der Waals surface area contributed by atoms with Crippen molar-refractivity contribution in [3.05, 3.63) is 36.0 Å². The van der Waals surface area contributed by atoms with Gasteiger partial charge in [0, 0.05) is 0 Å². The van der Waals surface area contributed by atoms with Crippen molar-refractivity contribution in [3.8, 4) is 0 Å². The number of furan rings is 1. The lowest BCUT2D eigenvalue weighted by Gasteiger charge is -2.30. The van der Waals surface area contributed by atoms with Gasteiger partial charge in [-0.2, -0.15) is 0 Å². The number of nitrogens with zero attached hydrogens (tertiary/aromatic N) is 3. The molecule has 2 heterocycles. The van der Waals surface area contributed by atoms with Gasteiger partial charge in [0.1, 0.15) is 12.4 Å². The SMILES string of the molecule is COC(=O)c1cn(C2CCCCC2OC(=O)c2ccoc2)nn1. The number of hydrogen-bond acceptors (Lipinski definition) is 7. The molecule has 0 N–H and O–H groups in total. The van der Waals surface area contributed by atoms with E-state index in [1.165, 1.54) is 25.8 Å².